The van der Waals surface area contributed by atoms with Gasteiger partial charge in [-0.05, 0) is 24.4 Å². The molecule has 0 spiro atoms. The van der Waals surface area contributed by atoms with E-state index in [0.717, 1.165) is 10.7 Å². The average molecular weight is 370 g/mol. The minimum atomic E-state index is -4.64. The van der Waals surface area contributed by atoms with Crippen molar-refractivity contribution in [3.63, 3.8) is 0 Å². The number of hydrogen-bond donors (Lipinski definition) is 1. The second-order valence-corrected chi connectivity index (χ2v) is 6.02. The van der Waals surface area contributed by atoms with Crippen molar-refractivity contribution in [2.45, 2.75) is 19.6 Å². The van der Waals surface area contributed by atoms with Crippen molar-refractivity contribution in [3.8, 4) is 10.6 Å². The highest BCUT2D eigenvalue weighted by molar-refractivity contribution is 7.13. The zero-order valence-electron chi connectivity index (χ0n) is 13.0. The average Bonchev–Trinajstić information content (AvgIpc) is 3.15. The van der Waals surface area contributed by atoms with E-state index < -0.39 is 17.7 Å². The van der Waals surface area contributed by atoms with Crippen molar-refractivity contribution in [1.29, 1.82) is 0 Å². The van der Waals surface area contributed by atoms with Crippen molar-refractivity contribution >= 4 is 34.2 Å². The van der Waals surface area contributed by atoms with Crippen LogP contribution in [-0.4, -0.2) is 27.3 Å². The van der Waals surface area contributed by atoms with Gasteiger partial charge >= 0.3 is 12.1 Å². The van der Waals surface area contributed by atoms with Gasteiger partial charge in [-0.3, -0.25) is 4.79 Å². The van der Waals surface area contributed by atoms with Crippen molar-refractivity contribution in [2.75, 3.05) is 12.3 Å². The van der Waals surface area contributed by atoms with Crippen LogP contribution in [0.4, 0.5) is 19.0 Å². The van der Waals surface area contributed by atoms with Crippen LogP contribution in [0, 0.1) is 0 Å². The molecule has 6 nitrogen and oxygen atoms in total. The van der Waals surface area contributed by atoms with Crippen molar-refractivity contribution in [1.82, 2.24) is 14.8 Å². The normalized spacial score (nSPS) is 11.8. The number of carbonyl (C=O) groups excluding carboxylic acids is 1. The summed E-state index contributed by atoms with van der Waals surface area (Å²) in [6.45, 7) is 1.40. The van der Waals surface area contributed by atoms with Crippen LogP contribution in [0.2, 0.25) is 0 Å². The van der Waals surface area contributed by atoms with Crippen molar-refractivity contribution < 1.29 is 22.7 Å². The summed E-state index contributed by atoms with van der Waals surface area (Å²) in [6.07, 6.45) is -4.64. The number of nitrogens with two attached hydrogens (primary N) is 1. The Labute approximate surface area is 144 Å². The van der Waals surface area contributed by atoms with Crippen LogP contribution >= 0.6 is 11.3 Å². The van der Waals surface area contributed by atoms with Gasteiger partial charge in [-0.15, -0.1) is 11.3 Å². The fourth-order valence-corrected chi connectivity index (χ4v) is 3.10. The fraction of sp³-hybridized carbons (Fsp3) is 0.267. The smallest absolute Gasteiger partial charge is 0.417 e. The van der Waals surface area contributed by atoms with Gasteiger partial charge in [-0.25, -0.2) is 9.67 Å². The second-order valence-electron chi connectivity index (χ2n) is 5.08. The number of rotatable bonds is 4. The first-order valence-electron chi connectivity index (χ1n) is 7.25. The molecule has 0 aliphatic rings. The topological polar surface area (TPSA) is 83.0 Å². The zero-order chi connectivity index (χ0) is 18.2. The highest BCUT2D eigenvalue weighted by Gasteiger charge is 2.36. The summed E-state index contributed by atoms with van der Waals surface area (Å²) < 4.78 is 46.4. The van der Waals surface area contributed by atoms with Crippen LogP contribution in [0.5, 0.6) is 0 Å². The highest BCUT2D eigenvalue weighted by atomic mass is 32.1. The van der Waals surface area contributed by atoms with Gasteiger partial charge in [-0.2, -0.15) is 18.3 Å². The first-order valence-corrected chi connectivity index (χ1v) is 8.13. The molecule has 0 bridgehead atoms. The quantitative estimate of drug-likeness (QED) is 0.713. The Hall–Kier alpha value is -2.62. The van der Waals surface area contributed by atoms with Crippen LogP contribution in [-0.2, 0) is 22.3 Å². The van der Waals surface area contributed by atoms with Gasteiger partial charge in [0.25, 0.3) is 0 Å². The molecule has 0 unspecified atom stereocenters. The van der Waals surface area contributed by atoms with E-state index in [4.69, 9.17) is 10.5 Å². The summed E-state index contributed by atoms with van der Waals surface area (Å²) in [5.41, 5.74) is 4.77. The lowest BCUT2D eigenvalue weighted by Gasteiger charge is -2.10. The maximum atomic E-state index is 13.5. The summed E-state index contributed by atoms with van der Waals surface area (Å²) in [6, 6.07) is 4.32. The molecule has 0 radical (unpaired) electrons. The Kier molecular flexibility index (Phi) is 4.38. The van der Waals surface area contributed by atoms with Crippen LogP contribution in [0.1, 0.15) is 12.5 Å². The molecule has 0 saturated carbocycles. The van der Waals surface area contributed by atoms with Gasteiger partial charge in [0.1, 0.15) is 6.54 Å². The van der Waals surface area contributed by atoms with E-state index >= 15 is 0 Å². The zero-order valence-corrected chi connectivity index (χ0v) is 13.8. The number of halogens is 3. The van der Waals surface area contributed by atoms with E-state index in [9.17, 15) is 18.0 Å². The maximum Gasteiger partial charge on any atom is 0.417 e. The lowest BCUT2D eigenvalue weighted by atomic mass is 10.1. The van der Waals surface area contributed by atoms with E-state index in [1.807, 2.05) is 0 Å². The van der Waals surface area contributed by atoms with Crippen LogP contribution < -0.4 is 5.73 Å². The van der Waals surface area contributed by atoms with Gasteiger partial charge in [0.15, 0.2) is 11.5 Å². The summed E-state index contributed by atoms with van der Waals surface area (Å²) >= 11 is 1.26. The summed E-state index contributed by atoms with van der Waals surface area (Å²) in [4.78, 5) is 16.5. The molecule has 3 aromatic rings. The number of anilines is 1. The Balaban J connectivity index is 2.23. The molecular formula is C15H13F3N4O2S. The van der Waals surface area contributed by atoms with E-state index in [1.54, 1.807) is 24.4 Å². The molecule has 0 aliphatic heterocycles. The lowest BCUT2D eigenvalue weighted by molar-refractivity contribution is -0.144. The summed E-state index contributed by atoms with van der Waals surface area (Å²) in [5.74, 6) is -0.972. The standard InChI is InChI=1S/C15H13F3N4O2S/c1-2-24-11(23)7-22-14-12(13(19)21-22)8(15(16,17)18)6-9(20-14)10-4-3-5-25-10/h3-6H,2,7H2,1H3,(H2,19,21). The molecule has 132 valence electrons. The van der Waals surface area contributed by atoms with Crippen molar-refractivity contribution in [2.24, 2.45) is 0 Å². The van der Waals surface area contributed by atoms with Crippen LogP contribution in [0.3, 0.4) is 0 Å². The van der Waals surface area contributed by atoms with Gasteiger partial charge in [-0.1, -0.05) is 6.07 Å². The fourth-order valence-electron chi connectivity index (χ4n) is 2.41. The highest BCUT2D eigenvalue weighted by Crippen LogP contribution is 2.39. The number of carbonyl (C=O) groups is 1. The number of aromatic nitrogens is 3. The van der Waals surface area contributed by atoms with Gasteiger partial charge in [0.05, 0.1) is 28.1 Å². The molecule has 3 aromatic heterocycles. The lowest BCUT2D eigenvalue weighted by Crippen LogP contribution is -2.15. The largest absolute Gasteiger partial charge is 0.465 e. The van der Waals surface area contributed by atoms with Crippen LogP contribution in [0.25, 0.3) is 21.6 Å². The molecule has 3 heterocycles. The third kappa shape index (κ3) is 3.29. The number of nitrogen functional groups attached to an aromatic ring is 1. The predicted octanol–water partition coefficient (Wildman–Crippen LogP) is 3.32. The molecule has 3 rings (SSSR count). The second kappa shape index (κ2) is 6.36. The number of ether oxygens (including phenoxy) is 1. The molecule has 0 saturated heterocycles. The summed E-state index contributed by atoms with van der Waals surface area (Å²) in [5, 5.41) is 5.26. The first-order chi connectivity index (χ1) is 11.8. The molecule has 25 heavy (non-hydrogen) atoms. The van der Waals surface area contributed by atoms with E-state index in [1.165, 1.54) is 11.3 Å². The number of thiophene rings is 1. The number of esters is 1. The van der Waals surface area contributed by atoms with E-state index in [-0.39, 0.29) is 35.7 Å². The van der Waals surface area contributed by atoms with E-state index in [0.29, 0.717) is 4.88 Å². The molecule has 0 aromatic carbocycles. The first kappa shape index (κ1) is 17.2. The monoisotopic (exact) mass is 370 g/mol. The SMILES string of the molecule is CCOC(=O)Cn1nc(N)c2c(C(F)(F)F)cc(-c3cccs3)nc21. The predicted molar refractivity (Wildman–Crippen MR) is 86.9 cm³/mol. The molecule has 10 heteroatoms. The molecule has 0 aliphatic carbocycles. The Morgan fingerprint density at radius 2 is 2.20 bits per heavy atom. The molecule has 0 fully saturated rings. The minimum Gasteiger partial charge on any atom is -0.465 e. The molecule has 0 amide bonds. The van der Waals surface area contributed by atoms with E-state index in [2.05, 4.69) is 10.1 Å². The number of alkyl halides is 3. The molecule has 2 N–H and O–H groups in total. The van der Waals surface area contributed by atoms with Crippen LogP contribution in [0.15, 0.2) is 23.6 Å². The molecular weight excluding hydrogens is 357 g/mol. The minimum absolute atomic E-state index is 0.108. The van der Waals surface area contributed by atoms with Crippen molar-refractivity contribution in [3.05, 3.63) is 29.1 Å². The maximum absolute atomic E-state index is 13.5. The third-order valence-electron chi connectivity index (χ3n) is 3.39. The molecule has 0 atom stereocenters. The third-order valence-corrected chi connectivity index (χ3v) is 4.29. The Morgan fingerprint density at radius 1 is 1.44 bits per heavy atom. The number of fused-ring (bicyclic) bond motifs is 1. The Bertz CT molecular complexity index is 919. The van der Waals surface area contributed by atoms with Gasteiger partial charge < -0.3 is 10.5 Å². The van der Waals surface area contributed by atoms with Gasteiger partial charge in [0.2, 0.25) is 0 Å². The Morgan fingerprint density at radius 3 is 2.80 bits per heavy atom. The number of hydrogen-bond acceptors (Lipinski definition) is 6. The summed E-state index contributed by atoms with van der Waals surface area (Å²) in [7, 11) is 0. The van der Waals surface area contributed by atoms with Gasteiger partial charge in [0, 0.05) is 0 Å². The number of nitrogens with zero attached hydrogens (tertiary/aromatic N) is 3. The number of pyridine rings is 1.